The van der Waals surface area contributed by atoms with Gasteiger partial charge >= 0.3 is 0 Å². The van der Waals surface area contributed by atoms with Gasteiger partial charge in [-0.05, 0) is 37.5 Å². The number of aromatic nitrogens is 1. The molecule has 1 fully saturated rings. The molecule has 2 atom stereocenters. The van der Waals surface area contributed by atoms with Gasteiger partial charge in [0.2, 0.25) is 11.8 Å². The standard InChI is InChI=1S/C22H29ClN4O3/c1-15-9-20(26-30-15)13-25-22(29)17-6-4-8-19(14-27(2)21(28)11-17)24-12-16-5-3-7-18(23)10-16/h3,5,7,9-10,17,19,24H,4,6,8,11-14H2,1-2H3,(H,25,29). The highest BCUT2D eigenvalue weighted by molar-refractivity contribution is 6.30. The van der Waals surface area contributed by atoms with Crippen LogP contribution >= 0.6 is 11.6 Å². The molecule has 1 aliphatic rings. The Kier molecular flexibility index (Phi) is 7.87. The van der Waals surface area contributed by atoms with E-state index in [2.05, 4.69) is 15.8 Å². The zero-order valence-corrected chi connectivity index (χ0v) is 18.2. The lowest BCUT2D eigenvalue weighted by atomic mass is 9.96. The molecule has 0 saturated carbocycles. The second-order valence-electron chi connectivity index (χ2n) is 7.96. The zero-order valence-electron chi connectivity index (χ0n) is 17.5. The first-order valence-corrected chi connectivity index (χ1v) is 10.7. The lowest BCUT2D eigenvalue weighted by Crippen LogP contribution is -2.41. The molecule has 1 aromatic heterocycles. The quantitative estimate of drug-likeness (QED) is 0.732. The van der Waals surface area contributed by atoms with Crippen LogP contribution in [-0.2, 0) is 22.7 Å². The molecular formula is C22H29ClN4O3. The summed E-state index contributed by atoms with van der Waals surface area (Å²) in [5.41, 5.74) is 1.79. The summed E-state index contributed by atoms with van der Waals surface area (Å²) in [4.78, 5) is 27.0. The molecule has 0 radical (unpaired) electrons. The van der Waals surface area contributed by atoms with E-state index in [9.17, 15) is 9.59 Å². The summed E-state index contributed by atoms with van der Waals surface area (Å²) in [6.45, 7) is 3.42. The second kappa shape index (κ2) is 10.6. The summed E-state index contributed by atoms with van der Waals surface area (Å²) < 4.78 is 5.02. The molecule has 0 spiro atoms. The fourth-order valence-electron chi connectivity index (χ4n) is 3.73. The van der Waals surface area contributed by atoms with Crippen LogP contribution in [0.25, 0.3) is 0 Å². The van der Waals surface area contributed by atoms with Gasteiger partial charge in [-0.15, -0.1) is 0 Å². The molecule has 2 aromatic rings. The highest BCUT2D eigenvalue weighted by atomic mass is 35.5. The van der Waals surface area contributed by atoms with E-state index in [0.29, 0.717) is 42.5 Å². The highest BCUT2D eigenvalue weighted by Gasteiger charge is 2.27. The molecule has 0 aliphatic carbocycles. The molecule has 2 unspecified atom stereocenters. The Bertz CT molecular complexity index is 870. The maximum absolute atomic E-state index is 12.7. The minimum atomic E-state index is -0.334. The summed E-state index contributed by atoms with van der Waals surface area (Å²) in [7, 11) is 1.80. The third kappa shape index (κ3) is 6.57. The van der Waals surface area contributed by atoms with Crippen molar-refractivity contribution in [1.82, 2.24) is 20.7 Å². The second-order valence-corrected chi connectivity index (χ2v) is 8.40. The van der Waals surface area contributed by atoms with E-state index in [4.69, 9.17) is 16.1 Å². The molecule has 30 heavy (non-hydrogen) atoms. The third-order valence-corrected chi connectivity index (χ3v) is 5.66. The number of halogens is 1. The minimum Gasteiger partial charge on any atom is -0.361 e. The number of rotatable bonds is 6. The van der Waals surface area contributed by atoms with Gasteiger partial charge in [-0.2, -0.15) is 0 Å². The number of amides is 2. The molecule has 2 heterocycles. The lowest BCUT2D eigenvalue weighted by molar-refractivity contribution is -0.135. The van der Waals surface area contributed by atoms with E-state index in [1.807, 2.05) is 31.2 Å². The van der Waals surface area contributed by atoms with Crippen molar-refractivity contribution in [3.8, 4) is 0 Å². The Morgan fingerprint density at radius 3 is 2.87 bits per heavy atom. The number of aryl methyl sites for hydroxylation is 1. The molecule has 1 aromatic carbocycles. The molecule has 2 amide bonds. The molecule has 162 valence electrons. The molecule has 8 heteroatoms. The first-order chi connectivity index (χ1) is 14.4. The van der Waals surface area contributed by atoms with Crippen molar-refractivity contribution in [3.63, 3.8) is 0 Å². The summed E-state index contributed by atoms with van der Waals surface area (Å²) >= 11 is 6.06. The first kappa shape index (κ1) is 22.3. The predicted octanol–water partition coefficient (Wildman–Crippen LogP) is 3.06. The molecule has 1 saturated heterocycles. The number of carbonyl (C=O) groups is 2. The number of nitrogens with one attached hydrogen (secondary N) is 2. The number of benzene rings is 1. The van der Waals surface area contributed by atoms with Crippen molar-refractivity contribution in [2.75, 3.05) is 13.6 Å². The van der Waals surface area contributed by atoms with Gasteiger partial charge in [-0.3, -0.25) is 9.59 Å². The largest absolute Gasteiger partial charge is 0.361 e. The molecule has 3 rings (SSSR count). The Balaban J connectivity index is 1.54. The van der Waals surface area contributed by atoms with Crippen molar-refractivity contribution >= 4 is 23.4 Å². The topological polar surface area (TPSA) is 87.5 Å². The van der Waals surface area contributed by atoms with Gasteiger partial charge in [-0.1, -0.05) is 35.3 Å². The summed E-state index contributed by atoms with van der Waals surface area (Å²) in [6, 6.07) is 9.71. The molecular weight excluding hydrogens is 404 g/mol. The van der Waals surface area contributed by atoms with Crippen LogP contribution in [0.3, 0.4) is 0 Å². The van der Waals surface area contributed by atoms with Gasteiger partial charge in [0.15, 0.2) is 0 Å². The fourth-order valence-corrected chi connectivity index (χ4v) is 3.94. The van der Waals surface area contributed by atoms with E-state index in [1.165, 1.54) is 0 Å². The smallest absolute Gasteiger partial charge is 0.223 e. The van der Waals surface area contributed by atoms with Crippen LogP contribution in [0.1, 0.15) is 42.7 Å². The predicted molar refractivity (Wildman–Crippen MR) is 115 cm³/mol. The SMILES string of the molecule is Cc1cc(CNC(=O)C2CCCC(NCc3cccc(Cl)c3)CN(C)C(=O)C2)no1. The van der Waals surface area contributed by atoms with Crippen LogP contribution in [0, 0.1) is 12.8 Å². The molecule has 0 bridgehead atoms. The monoisotopic (exact) mass is 432 g/mol. The van der Waals surface area contributed by atoms with E-state index >= 15 is 0 Å². The van der Waals surface area contributed by atoms with Crippen molar-refractivity contribution in [2.24, 2.45) is 5.92 Å². The van der Waals surface area contributed by atoms with Gasteiger partial charge in [-0.25, -0.2) is 0 Å². The van der Waals surface area contributed by atoms with Crippen molar-refractivity contribution in [3.05, 3.63) is 52.4 Å². The lowest BCUT2D eigenvalue weighted by Gasteiger charge is -2.24. The number of hydrogen-bond acceptors (Lipinski definition) is 5. The van der Waals surface area contributed by atoms with E-state index in [0.717, 1.165) is 18.4 Å². The number of carbonyl (C=O) groups excluding carboxylic acids is 2. The number of hydrogen-bond donors (Lipinski definition) is 2. The highest BCUT2D eigenvalue weighted by Crippen LogP contribution is 2.19. The Labute approximate surface area is 182 Å². The maximum Gasteiger partial charge on any atom is 0.223 e. The summed E-state index contributed by atoms with van der Waals surface area (Å²) in [6.07, 6.45) is 2.67. The van der Waals surface area contributed by atoms with Crippen LogP contribution < -0.4 is 10.6 Å². The van der Waals surface area contributed by atoms with Crippen molar-refractivity contribution in [1.29, 1.82) is 0 Å². The van der Waals surface area contributed by atoms with E-state index in [1.54, 1.807) is 18.0 Å². The maximum atomic E-state index is 12.7. The normalized spacial score (nSPS) is 20.4. The average molecular weight is 433 g/mol. The minimum absolute atomic E-state index is 0.0103. The Hall–Kier alpha value is -2.38. The number of likely N-dealkylation sites (N-methyl/N-ethyl adjacent to an activating group) is 1. The average Bonchev–Trinajstić information content (AvgIpc) is 3.15. The zero-order chi connectivity index (χ0) is 21.5. The van der Waals surface area contributed by atoms with Gasteiger partial charge in [0.1, 0.15) is 11.5 Å². The number of nitrogens with zero attached hydrogens (tertiary/aromatic N) is 2. The van der Waals surface area contributed by atoms with E-state index < -0.39 is 0 Å². The fraction of sp³-hybridized carbons (Fsp3) is 0.500. The molecule has 7 nitrogen and oxygen atoms in total. The van der Waals surface area contributed by atoms with Crippen LogP contribution in [-0.4, -0.2) is 41.5 Å². The van der Waals surface area contributed by atoms with Gasteiger partial charge < -0.3 is 20.1 Å². The van der Waals surface area contributed by atoms with E-state index in [-0.39, 0.29) is 30.2 Å². The Morgan fingerprint density at radius 2 is 2.13 bits per heavy atom. The van der Waals surface area contributed by atoms with Crippen LogP contribution in [0.2, 0.25) is 5.02 Å². The van der Waals surface area contributed by atoms with Crippen LogP contribution in [0.15, 0.2) is 34.9 Å². The Morgan fingerprint density at radius 1 is 1.30 bits per heavy atom. The van der Waals surface area contributed by atoms with Crippen molar-refractivity contribution in [2.45, 2.75) is 51.7 Å². The van der Waals surface area contributed by atoms with Gasteiger partial charge in [0, 0.05) is 49.6 Å². The van der Waals surface area contributed by atoms with Crippen LogP contribution in [0.5, 0.6) is 0 Å². The summed E-state index contributed by atoms with van der Waals surface area (Å²) in [5, 5.41) is 11.0. The van der Waals surface area contributed by atoms with Gasteiger partial charge in [0.05, 0.1) is 6.54 Å². The third-order valence-electron chi connectivity index (χ3n) is 5.42. The summed E-state index contributed by atoms with van der Waals surface area (Å²) in [5.74, 6) is 0.251. The molecule has 2 N–H and O–H groups in total. The van der Waals surface area contributed by atoms with Crippen LogP contribution in [0.4, 0.5) is 0 Å². The van der Waals surface area contributed by atoms with Crippen molar-refractivity contribution < 1.29 is 14.1 Å². The van der Waals surface area contributed by atoms with Gasteiger partial charge in [0.25, 0.3) is 0 Å². The molecule has 1 aliphatic heterocycles. The first-order valence-electron chi connectivity index (χ1n) is 10.3.